The number of aromatic hydroxyl groups is 1. The lowest BCUT2D eigenvalue weighted by Gasteiger charge is -2.03. The van der Waals surface area contributed by atoms with Crippen LogP contribution in [0.25, 0.3) is 10.1 Å². The van der Waals surface area contributed by atoms with Crippen molar-refractivity contribution in [2.24, 2.45) is 0 Å². The molecular formula is C14H17NO2S. The Bertz CT molecular complexity index is 548. The van der Waals surface area contributed by atoms with Gasteiger partial charge in [-0.15, -0.1) is 11.3 Å². The van der Waals surface area contributed by atoms with Gasteiger partial charge in [0.1, 0.15) is 5.75 Å². The lowest BCUT2D eigenvalue weighted by Crippen LogP contribution is -2.24. The largest absolute Gasteiger partial charge is 0.508 e. The molecule has 0 aliphatic rings. The Morgan fingerprint density at radius 1 is 1.44 bits per heavy atom. The molecule has 1 aromatic carbocycles. The highest BCUT2D eigenvalue weighted by Crippen LogP contribution is 2.29. The lowest BCUT2D eigenvalue weighted by atomic mass is 10.1. The van der Waals surface area contributed by atoms with Crippen molar-refractivity contribution in [3.8, 4) is 5.75 Å². The van der Waals surface area contributed by atoms with Gasteiger partial charge in [-0.2, -0.15) is 0 Å². The molecule has 4 heteroatoms. The molecule has 0 bridgehead atoms. The van der Waals surface area contributed by atoms with E-state index in [0.717, 1.165) is 18.2 Å². The summed E-state index contributed by atoms with van der Waals surface area (Å²) in [5.74, 6) is 0.400. The molecule has 1 aromatic heterocycles. The summed E-state index contributed by atoms with van der Waals surface area (Å²) >= 11 is 1.67. The second-order valence-electron chi connectivity index (χ2n) is 4.29. The third-order valence-corrected chi connectivity index (χ3v) is 3.84. The number of benzene rings is 1. The number of nitrogens with one attached hydrogen (secondary N) is 1. The number of phenolic OH excluding ortho intramolecular Hbond substituents is 1. The quantitative estimate of drug-likeness (QED) is 0.871. The van der Waals surface area contributed by atoms with Crippen LogP contribution in [0.3, 0.4) is 0 Å². The van der Waals surface area contributed by atoms with Crippen LogP contribution in [0.1, 0.15) is 25.3 Å². The molecule has 0 radical (unpaired) electrons. The fourth-order valence-corrected chi connectivity index (χ4v) is 2.89. The van der Waals surface area contributed by atoms with E-state index in [0.29, 0.717) is 13.0 Å². The first kappa shape index (κ1) is 12.9. The third-order valence-electron chi connectivity index (χ3n) is 2.83. The summed E-state index contributed by atoms with van der Waals surface area (Å²) in [7, 11) is 0. The summed E-state index contributed by atoms with van der Waals surface area (Å²) in [4.78, 5) is 11.3. The topological polar surface area (TPSA) is 49.3 Å². The summed E-state index contributed by atoms with van der Waals surface area (Å²) in [6.45, 7) is 2.65. The van der Waals surface area contributed by atoms with Gasteiger partial charge in [0.2, 0.25) is 5.91 Å². The van der Waals surface area contributed by atoms with Crippen LogP contribution >= 0.6 is 11.3 Å². The average Bonchev–Trinajstić information content (AvgIpc) is 2.72. The molecule has 0 fully saturated rings. The van der Waals surface area contributed by atoms with Crippen LogP contribution in [-0.4, -0.2) is 17.6 Å². The van der Waals surface area contributed by atoms with Crippen LogP contribution in [0, 0.1) is 0 Å². The molecule has 0 atom stereocenters. The van der Waals surface area contributed by atoms with Crippen molar-refractivity contribution in [3.63, 3.8) is 0 Å². The third kappa shape index (κ3) is 3.01. The average molecular weight is 263 g/mol. The van der Waals surface area contributed by atoms with Crippen LogP contribution in [0.2, 0.25) is 0 Å². The fraction of sp³-hybridized carbons (Fsp3) is 0.357. The maximum Gasteiger partial charge on any atom is 0.219 e. The maximum absolute atomic E-state index is 11.3. The number of carbonyl (C=O) groups is 1. The molecule has 0 saturated heterocycles. The Morgan fingerprint density at radius 2 is 2.28 bits per heavy atom. The smallest absolute Gasteiger partial charge is 0.219 e. The first-order valence-corrected chi connectivity index (χ1v) is 7.04. The minimum absolute atomic E-state index is 0.111. The van der Waals surface area contributed by atoms with E-state index in [1.54, 1.807) is 23.5 Å². The first-order valence-electron chi connectivity index (χ1n) is 6.16. The highest BCUT2D eigenvalue weighted by Gasteiger charge is 2.05. The monoisotopic (exact) mass is 263 g/mol. The number of rotatable bonds is 5. The number of carbonyl (C=O) groups excluding carboxylic acids is 1. The summed E-state index contributed by atoms with van der Waals surface area (Å²) < 4.78 is 1.17. The highest BCUT2D eigenvalue weighted by molar-refractivity contribution is 7.17. The minimum Gasteiger partial charge on any atom is -0.508 e. The van der Waals surface area contributed by atoms with Gasteiger partial charge in [-0.05, 0) is 47.4 Å². The zero-order valence-electron chi connectivity index (χ0n) is 10.4. The van der Waals surface area contributed by atoms with Crippen molar-refractivity contribution in [1.82, 2.24) is 5.32 Å². The molecule has 2 rings (SSSR count). The Morgan fingerprint density at radius 3 is 3.06 bits per heavy atom. The second kappa shape index (κ2) is 5.87. The van der Waals surface area contributed by atoms with Gasteiger partial charge in [0.25, 0.3) is 0 Å². The molecule has 18 heavy (non-hydrogen) atoms. The zero-order valence-corrected chi connectivity index (χ0v) is 11.2. The summed E-state index contributed by atoms with van der Waals surface area (Å²) in [5, 5.41) is 15.6. The van der Waals surface area contributed by atoms with E-state index in [-0.39, 0.29) is 11.7 Å². The number of hydrogen-bond acceptors (Lipinski definition) is 3. The van der Waals surface area contributed by atoms with E-state index in [9.17, 15) is 9.90 Å². The molecule has 0 spiro atoms. The Balaban J connectivity index is 1.99. The van der Waals surface area contributed by atoms with Gasteiger partial charge in [0.05, 0.1) is 0 Å². The van der Waals surface area contributed by atoms with E-state index in [1.807, 2.05) is 13.0 Å². The van der Waals surface area contributed by atoms with Crippen LogP contribution in [0.4, 0.5) is 0 Å². The molecule has 0 aliphatic heterocycles. The van der Waals surface area contributed by atoms with E-state index in [4.69, 9.17) is 0 Å². The number of thiophene rings is 1. The van der Waals surface area contributed by atoms with Gasteiger partial charge in [-0.3, -0.25) is 4.79 Å². The summed E-state index contributed by atoms with van der Waals surface area (Å²) in [6.07, 6.45) is 2.27. The molecule has 0 saturated carbocycles. The van der Waals surface area contributed by atoms with Crippen molar-refractivity contribution >= 4 is 27.3 Å². The van der Waals surface area contributed by atoms with Gasteiger partial charge in [0.15, 0.2) is 0 Å². The standard InChI is InChI=1S/C14H17NO2S/c1-2-3-14(17)15-7-6-10-9-18-13-5-4-11(16)8-12(10)13/h4-5,8-9,16H,2-3,6-7H2,1H3,(H,15,17). The van der Waals surface area contributed by atoms with Crippen LogP contribution < -0.4 is 5.32 Å². The Hall–Kier alpha value is -1.55. The SMILES string of the molecule is CCCC(=O)NCCc1csc2ccc(O)cc12. The molecule has 3 nitrogen and oxygen atoms in total. The molecule has 0 aliphatic carbocycles. The molecule has 1 amide bonds. The van der Waals surface area contributed by atoms with E-state index in [1.165, 1.54) is 10.3 Å². The van der Waals surface area contributed by atoms with E-state index in [2.05, 4.69) is 10.7 Å². The molecule has 1 heterocycles. The lowest BCUT2D eigenvalue weighted by molar-refractivity contribution is -0.121. The first-order chi connectivity index (χ1) is 8.70. The van der Waals surface area contributed by atoms with Crippen LogP contribution in [0.5, 0.6) is 5.75 Å². The fourth-order valence-electron chi connectivity index (χ4n) is 1.92. The number of phenols is 1. The predicted molar refractivity (Wildman–Crippen MR) is 75.1 cm³/mol. The molecular weight excluding hydrogens is 246 g/mol. The normalized spacial score (nSPS) is 10.7. The molecule has 2 aromatic rings. The number of amides is 1. The molecule has 2 N–H and O–H groups in total. The highest BCUT2D eigenvalue weighted by atomic mass is 32.1. The van der Waals surface area contributed by atoms with Crippen molar-refractivity contribution in [2.75, 3.05) is 6.54 Å². The Kier molecular flexibility index (Phi) is 4.20. The van der Waals surface area contributed by atoms with Gasteiger partial charge in [-0.1, -0.05) is 6.92 Å². The predicted octanol–water partition coefficient (Wildman–Crippen LogP) is 3.07. The van der Waals surface area contributed by atoms with Gasteiger partial charge >= 0.3 is 0 Å². The van der Waals surface area contributed by atoms with E-state index < -0.39 is 0 Å². The van der Waals surface area contributed by atoms with Crippen molar-refractivity contribution < 1.29 is 9.90 Å². The molecule has 96 valence electrons. The van der Waals surface area contributed by atoms with Crippen molar-refractivity contribution in [1.29, 1.82) is 0 Å². The summed E-state index contributed by atoms with van der Waals surface area (Å²) in [6, 6.07) is 5.41. The second-order valence-corrected chi connectivity index (χ2v) is 5.20. The van der Waals surface area contributed by atoms with Crippen LogP contribution in [-0.2, 0) is 11.2 Å². The van der Waals surface area contributed by atoms with Gasteiger partial charge in [0, 0.05) is 17.7 Å². The van der Waals surface area contributed by atoms with E-state index >= 15 is 0 Å². The van der Waals surface area contributed by atoms with Crippen molar-refractivity contribution in [2.45, 2.75) is 26.2 Å². The van der Waals surface area contributed by atoms with Gasteiger partial charge in [-0.25, -0.2) is 0 Å². The zero-order chi connectivity index (χ0) is 13.0. The van der Waals surface area contributed by atoms with Crippen molar-refractivity contribution in [3.05, 3.63) is 29.1 Å². The minimum atomic E-state index is 0.111. The van der Waals surface area contributed by atoms with Crippen LogP contribution in [0.15, 0.2) is 23.6 Å². The Labute approximate surface area is 110 Å². The molecule has 0 unspecified atom stereocenters. The maximum atomic E-state index is 11.3. The van der Waals surface area contributed by atoms with Gasteiger partial charge < -0.3 is 10.4 Å². The number of hydrogen-bond donors (Lipinski definition) is 2. The summed E-state index contributed by atoms with van der Waals surface area (Å²) in [5.41, 5.74) is 1.18. The number of fused-ring (bicyclic) bond motifs is 1.